The first-order valence-electron chi connectivity index (χ1n) is 5.29. The van der Waals surface area contributed by atoms with E-state index in [1.807, 2.05) is 0 Å². The minimum absolute atomic E-state index is 0.00301. The third kappa shape index (κ3) is 3.17. The number of hydrogen-bond acceptors (Lipinski definition) is 5. The lowest BCUT2D eigenvalue weighted by atomic mass is 10.3. The van der Waals surface area contributed by atoms with Crippen LogP contribution in [-0.2, 0) is 14.8 Å². The van der Waals surface area contributed by atoms with Crippen molar-refractivity contribution in [2.75, 3.05) is 19.4 Å². The molecule has 1 atom stereocenters. The van der Waals surface area contributed by atoms with Crippen molar-refractivity contribution in [3.05, 3.63) is 18.3 Å². The minimum Gasteiger partial charge on any atom is -0.372 e. The highest BCUT2D eigenvalue weighted by Gasteiger charge is 2.23. The highest BCUT2D eigenvalue weighted by Crippen LogP contribution is 2.17. The number of rotatable bonds is 5. The lowest BCUT2D eigenvalue weighted by Gasteiger charge is -2.14. The van der Waals surface area contributed by atoms with E-state index in [9.17, 15) is 13.2 Å². The van der Waals surface area contributed by atoms with Crippen LogP contribution in [0.25, 0.3) is 0 Å². The van der Waals surface area contributed by atoms with E-state index in [-0.39, 0.29) is 10.7 Å². The van der Waals surface area contributed by atoms with Crippen molar-refractivity contribution in [2.24, 2.45) is 0 Å². The lowest BCUT2D eigenvalue weighted by Crippen LogP contribution is -2.43. The Bertz CT molecular complexity index is 530. The van der Waals surface area contributed by atoms with E-state index < -0.39 is 22.0 Å². The molecule has 0 aliphatic heterocycles. The second-order valence-electron chi connectivity index (χ2n) is 3.56. The molecule has 1 amide bonds. The molecule has 0 aliphatic rings. The summed E-state index contributed by atoms with van der Waals surface area (Å²) in [6, 6.07) is 2.07. The van der Waals surface area contributed by atoms with Gasteiger partial charge in [-0.2, -0.15) is 4.72 Å². The third-order valence-corrected chi connectivity index (χ3v) is 3.84. The number of aromatic nitrogens is 1. The van der Waals surface area contributed by atoms with E-state index in [2.05, 4.69) is 20.3 Å². The molecule has 0 aromatic carbocycles. The molecule has 0 aliphatic carbocycles. The average molecular weight is 272 g/mol. The average Bonchev–Trinajstić information content (AvgIpc) is 2.37. The first-order chi connectivity index (χ1) is 8.42. The van der Waals surface area contributed by atoms with Crippen molar-refractivity contribution < 1.29 is 13.2 Å². The summed E-state index contributed by atoms with van der Waals surface area (Å²) >= 11 is 0. The summed E-state index contributed by atoms with van der Waals surface area (Å²) in [5, 5.41) is 5.06. The second kappa shape index (κ2) is 5.78. The molecule has 1 unspecified atom stereocenters. The van der Waals surface area contributed by atoms with Crippen LogP contribution in [0.4, 0.5) is 5.82 Å². The van der Waals surface area contributed by atoms with Gasteiger partial charge in [-0.05, 0) is 19.1 Å². The Morgan fingerprint density at radius 1 is 1.39 bits per heavy atom. The molecule has 18 heavy (non-hydrogen) atoms. The molecule has 8 heteroatoms. The molecule has 0 fully saturated rings. The van der Waals surface area contributed by atoms with Crippen LogP contribution < -0.4 is 15.4 Å². The maximum absolute atomic E-state index is 12.1. The van der Waals surface area contributed by atoms with Crippen LogP contribution in [0, 0.1) is 0 Å². The number of amides is 1. The molecule has 0 bridgehead atoms. The predicted molar refractivity (Wildman–Crippen MR) is 67.6 cm³/mol. The van der Waals surface area contributed by atoms with Gasteiger partial charge in [0.15, 0.2) is 0 Å². The first kappa shape index (κ1) is 14.4. The van der Waals surface area contributed by atoms with Crippen LogP contribution in [-0.4, -0.2) is 39.4 Å². The molecule has 1 aromatic heterocycles. The van der Waals surface area contributed by atoms with Crippen LogP contribution in [0.5, 0.6) is 0 Å². The molecule has 1 aromatic rings. The molecule has 100 valence electrons. The summed E-state index contributed by atoms with van der Waals surface area (Å²) in [6.45, 7) is 1.46. The van der Waals surface area contributed by atoms with Gasteiger partial charge in [0, 0.05) is 20.3 Å². The van der Waals surface area contributed by atoms with Gasteiger partial charge >= 0.3 is 0 Å². The van der Waals surface area contributed by atoms with Gasteiger partial charge in [-0.1, -0.05) is 0 Å². The number of hydrogen-bond donors (Lipinski definition) is 3. The topological polar surface area (TPSA) is 100 Å². The standard InChI is InChI=1S/C10H16N4O3S/c1-7(10(15)12-3)14-18(16,17)8-5-4-6-13-9(8)11-2/h4-7,14H,1-3H3,(H,11,13)(H,12,15). The largest absolute Gasteiger partial charge is 0.372 e. The Balaban J connectivity index is 3.03. The molecule has 0 spiro atoms. The SMILES string of the molecule is CNC(=O)C(C)NS(=O)(=O)c1cccnc1NC. The summed E-state index contributed by atoms with van der Waals surface area (Å²) < 4.78 is 26.4. The summed E-state index contributed by atoms with van der Waals surface area (Å²) in [5.41, 5.74) is 0. The van der Waals surface area contributed by atoms with Crippen molar-refractivity contribution in [2.45, 2.75) is 17.9 Å². The Morgan fingerprint density at radius 2 is 2.06 bits per heavy atom. The second-order valence-corrected chi connectivity index (χ2v) is 5.24. The highest BCUT2D eigenvalue weighted by atomic mass is 32.2. The van der Waals surface area contributed by atoms with E-state index in [1.165, 1.54) is 32.3 Å². The zero-order valence-corrected chi connectivity index (χ0v) is 11.2. The van der Waals surface area contributed by atoms with Crippen molar-refractivity contribution in [3.8, 4) is 0 Å². The quantitative estimate of drug-likeness (QED) is 0.673. The summed E-state index contributed by atoms with van der Waals surface area (Å²) in [6.07, 6.45) is 1.48. The fourth-order valence-corrected chi connectivity index (χ4v) is 2.73. The van der Waals surface area contributed by atoms with E-state index in [0.29, 0.717) is 0 Å². The number of carbonyl (C=O) groups is 1. The first-order valence-corrected chi connectivity index (χ1v) is 6.77. The lowest BCUT2D eigenvalue weighted by molar-refractivity contribution is -0.121. The molecule has 1 heterocycles. The third-order valence-electron chi connectivity index (χ3n) is 2.27. The molecule has 1 rings (SSSR count). The monoisotopic (exact) mass is 272 g/mol. The minimum atomic E-state index is -3.79. The number of carbonyl (C=O) groups excluding carboxylic acids is 1. The fraction of sp³-hybridized carbons (Fsp3) is 0.400. The maximum atomic E-state index is 12.1. The van der Waals surface area contributed by atoms with Crippen molar-refractivity contribution >= 4 is 21.7 Å². The number of nitrogens with zero attached hydrogens (tertiary/aromatic N) is 1. The van der Waals surface area contributed by atoms with Gasteiger partial charge in [-0.15, -0.1) is 0 Å². The normalized spacial score (nSPS) is 12.8. The van der Waals surface area contributed by atoms with Crippen molar-refractivity contribution in [1.29, 1.82) is 0 Å². The number of nitrogens with one attached hydrogen (secondary N) is 3. The summed E-state index contributed by atoms with van der Waals surface area (Å²) in [7, 11) is -0.780. The summed E-state index contributed by atoms with van der Waals surface area (Å²) in [4.78, 5) is 15.2. The Hall–Kier alpha value is -1.67. The highest BCUT2D eigenvalue weighted by molar-refractivity contribution is 7.89. The molecular weight excluding hydrogens is 256 g/mol. The number of anilines is 1. The molecule has 3 N–H and O–H groups in total. The van der Waals surface area contributed by atoms with Gasteiger partial charge in [0.25, 0.3) is 0 Å². The van der Waals surface area contributed by atoms with E-state index in [0.717, 1.165) is 0 Å². The Labute approximate surface area is 106 Å². The van der Waals surface area contributed by atoms with Crippen LogP contribution in [0.2, 0.25) is 0 Å². The van der Waals surface area contributed by atoms with E-state index in [1.54, 1.807) is 7.05 Å². The maximum Gasteiger partial charge on any atom is 0.244 e. The molecule has 0 saturated heterocycles. The Morgan fingerprint density at radius 3 is 2.61 bits per heavy atom. The fourth-order valence-electron chi connectivity index (χ4n) is 1.36. The number of likely N-dealkylation sites (N-methyl/N-ethyl adjacent to an activating group) is 1. The van der Waals surface area contributed by atoms with Gasteiger partial charge < -0.3 is 10.6 Å². The molecule has 7 nitrogen and oxygen atoms in total. The van der Waals surface area contributed by atoms with Gasteiger partial charge in [-0.25, -0.2) is 13.4 Å². The van der Waals surface area contributed by atoms with Gasteiger partial charge in [0.1, 0.15) is 10.7 Å². The van der Waals surface area contributed by atoms with Crippen LogP contribution in [0.1, 0.15) is 6.92 Å². The number of sulfonamides is 1. The van der Waals surface area contributed by atoms with Crippen molar-refractivity contribution in [3.63, 3.8) is 0 Å². The van der Waals surface area contributed by atoms with Gasteiger partial charge in [0.2, 0.25) is 15.9 Å². The zero-order valence-electron chi connectivity index (χ0n) is 10.4. The van der Waals surface area contributed by atoms with Crippen molar-refractivity contribution in [1.82, 2.24) is 15.0 Å². The van der Waals surface area contributed by atoms with E-state index in [4.69, 9.17) is 0 Å². The van der Waals surface area contributed by atoms with Gasteiger partial charge in [-0.3, -0.25) is 4.79 Å². The van der Waals surface area contributed by atoms with Crippen LogP contribution >= 0.6 is 0 Å². The smallest absolute Gasteiger partial charge is 0.244 e. The van der Waals surface area contributed by atoms with Crippen LogP contribution in [0.15, 0.2) is 23.2 Å². The summed E-state index contributed by atoms with van der Waals surface area (Å²) in [5.74, 6) is -0.178. The Kier molecular flexibility index (Phi) is 4.62. The zero-order chi connectivity index (χ0) is 13.8. The van der Waals surface area contributed by atoms with Crippen LogP contribution in [0.3, 0.4) is 0 Å². The molecular formula is C10H16N4O3S. The predicted octanol–water partition coefficient (Wildman–Crippen LogP) is -0.464. The van der Waals surface area contributed by atoms with Gasteiger partial charge in [0.05, 0.1) is 6.04 Å². The molecule has 0 saturated carbocycles. The number of pyridine rings is 1. The van der Waals surface area contributed by atoms with E-state index >= 15 is 0 Å². The molecule has 0 radical (unpaired) electrons.